The average Bonchev–Trinajstić information content (AvgIpc) is 2.98. The third kappa shape index (κ3) is 7.05. The number of hydrogen-bond acceptors (Lipinski definition) is 3. The number of rotatable bonds is 8. The molecular formula is C33H33N3O3. The topological polar surface area (TPSA) is 79.5 Å². The van der Waals surface area contributed by atoms with Crippen molar-refractivity contribution < 1.29 is 14.3 Å². The van der Waals surface area contributed by atoms with Gasteiger partial charge in [0.25, 0.3) is 5.91 Å². The van der Waals surface area contributed by atoms with Gasteiger partial charge in [-0.3, -0.25) is 4.79 Å². The van der Waals surface area contributed by atoms with E-state index >= 15 is 0 Å². The van der Waals surface area contributed by atoms with Crippen molar-refractivity contribution in [1.29, 1.82) is 0 Å². The molecule has 39 heavy (non-hydrogen) atoms. The van der Waals surface area contributed by atoms with Gasteiger partial charge in [-0.15, -0.1) is 0 Å². The van der Waals surface area contributed by atoms with Gasteiger partial charge in [-0.25, -0.2) is 4.79 Å². The highest BCUT2D eigenvalue weighted by Gasteiger charge is 2.23. The molecule has 0 aromatic heterocycles. The lowest BCUT2D eigenvalue weighted by Crippen LogP contribution is -2.36. The van der Waals surface area contributed by atoms with Crippen LogP contribution in [0.4, 0.5) is 16.2 Å². The summed E-state index contributed by atoms with van der Waals surface area (Å²) < 4.78 is 6.59. The second-order valence-corrected chi connectivity index (χ2v) is 9.78. The first-order valence-electron chi connectivity index (χ1n) is 13.5. The van der Waals surface area contributed by atoms with Gasteiger partial charge in [0.2, 0.25) is 0 Å². The number of ether oxygens (including phenoxy) is 1. The molecule has 4 aromatic rings. The summed E-state index contributed by atoms with van der Waals surface area (Å²) in [6.45, 7) is 0. The third-order valence-corrected chi connectivity index (χ3v) is 6.90. The average molecular weight is 520 g/mol. The van der Waals surface area contributed by atoms with E-state index in [1.54, 1.807) is 18.2 Å². The smallest absolute Gasteiger partial charge is 0.323 e. The van der Waals surface area contributed by atoms with Crippen LogP contribution in [-0.4, -0.2) is 18.0 Å². The highest BCUT2D eigenvalue weighted by Crippen LogP contribution is 2.32. The zero-order valence-electron chi connectivity index (χ0n) is 21.8. The van der Waals surface area contributed by atoms with Gasteiger partial charge in [-0.2, -0.15) is 0 Å². The van der Waals surface area contributed by atoms with Crippen molar-refractivity contribution in [3.05, 3.63) is 126 Å². The molecule has 0 heterocycles. The number of urea groups is 1. The molecule has 1 aliphatic rings. The number of carbonyl (C=O) groups excluding carboxylic acids is 2. The molecule has 3 N–H and O–H groups in total. The van der Waals surface area contributed by atoms with E-state index in [9.17, 15) is 9.59 Å². The summed E-state index contributed by atoms with van der Waals surface area (Å²) in [6.07, 6.45) is 4.95. The zero-order valence-corrected chi connectivity index (χ0v) is 21.8. The van der Waals surface area contributed by atoms with Crippen LogP contribution >= 0.6 is 0 Å². The molecule has 1 saturated carbocycles. The molecule has 0 spiro atoms. The van der Waals surface area contributed by atoms with Crippen LogP contribution in [0.1, 0.15) is 59.7 Å². The van der Waals surface area contributed by atoms with E-state index in [2.05, 4.69) is 16.0 Å². The second-order valence-electron chi connectivity index (χ2n) is 9.78. The molecule has 6 nitrogen and oxygen atoms in total. The Balaban J connectivity index is 1.44. The molecule has 4 aromatic carbocycles. The van der Waals surface area contributed by atoms with E-state index in [1.165, 1.54) is 6.42 Å². The van der Waals surface area contributed by atoms with E-state index in [0.717, 1.165) is 36.8 Å². The van der Waals surface area contributed by atoms with Crippen LogP contribution < -0.4 is 20.7 Å². The standard InChI is InChI=1S/C33H33N3O3/c37-32(34-26-17-9-3-10-18-26)29-23-28(36-33(38)35-27-19-11-4-12-20-27)21-22-30(29)39-31(24-13-5-1-6-14-24)25-15-7-2-8-16-25/h1-2,4-8,11-16,19-23,26,31H,3,9-10,17-18H2,(H,34,37)(H2,35,36,38). The van der Waals surface area contributed by atoms with Crippen molar-refractivity contribution in [2.24, 2.45) is 0 Å². The highest BCUT2D eigenvalue weighted by molar-refractivity contribution is 6.02. The summed E-state index contributed by atoms with van der Waals surface area (Å²) in [5, 5.41) is 8.86. The first-order chi connectivity index (χ1) is 19.2. The molecule has 0 aliphatic heterocycles. The largest absolute Gasteiger partial charge is 0.480 e. The molecule has 1 fully saturated rings. The van der Waals surface area contributed by atoms with Gasteiger partial charge in [0, 0.05) is 17.4 Å². The number of para-hydroxylation sites is 1. The minimum atomic E-state index is -0.409. The first kappa shape index (κ1) is 26.0. The Hall–Kier alpha value is -4.58. The van der Waals surface area contributed by atoms with E-state index in [-0.39, 0.29) is 18.0 Å². The molecule has 0 radical (unpaired) electrons. The fraction of sp³-hybridized carbons (Fsp3) is 0.212. The van der Waals surface area contributed by atoms with Crippen molar-refractivity contribution in [1.82, 2.24) is 5.32 Å². The fourth-order valence-electron chi connectivity index (χ4n) is 4.92. The van der Waals surface area contributed by atoms with Crippen LogP contribution in [0.15, 0.2) is 109 Å². The number of anilines is 2. The number of nitrogens with one attached hydrogen (secondary N) is 3. The predicted molar refractivity (Wildman–Crippen MR) is 155 cm³/mol. The van der Waals surface area contributed by atoms with Crippen molar-refractivity contribution in [2.45, 2.75) is 44.2 Å². The quantitative estimate of drug-likeness (QED) is 0.225. The Labute approximate surface area is 229 Å². The number of carbonyl (C=O) groups is 2. The molecule has 0 bridgehead atoms. The molecule has 6 heteroatoms. The predicted octanol–water partition coefficient (Wildman–Crippen LogP) is 7.56. The fourth-order valence-corrected chi connectivity index (χ4v) is 4.92. The highest BCUT2D eigenvalue weighted by atomic mass is 16.5. The van der Waals surface area contributed by atoms with Crippen molar-refractivity contribution in [3.8, 4) is 5.75 Å². The van der Waals surface area contributed by atoms with Crippen LogP contribution in [0.5, 0.6) is 5.75 Å². The van der Waals surface area contributed by atoms with Crippen LogP contribution in [-0.2, 0) is 0 Å². The van der Waals surface area contributed by atoms with Gasteiger partial charge in [0.1, 0.15) is 11.9 Å². The van der Waals surface area contributed by atoms with Crippen LogP contribution in [0, 0.1) is 0 Å². The minimum Gasteiger partial charge on any atom is -0.480 e. The zero-order chi connectivity index (χ0) is 26.9. The van der Waals surface area contributed by atoms with Gasteiger partial charge >= 0.3 is 6.03 Å². The summed E-state index contributed by atoms with van der Waals surface area (Å²) >= 11 is 0. The summed E-state index contributed by atoms with van der Waals surface area (Å²) in [4.78, 5) is 26.3. The molecule has 198 valence electrons. The minimum absolute atomic E-state index is 0.135. The third-order valence-electron chi connectivity index (χ3n) is 6.90. The van der Waals surface area contributed by atoms with E-state index in [4.69, 9.17) is 4.74 Å². The van der Waals surface area contributed by atoms with Crippen molar-refractivity contribution in [2.75, 3.05) is 10.6 Å². The number of benzene rings is 4. The van der Waals surface area contributed by atoms with Crippen LogP contribution in [0.3, 0.4) is 0 Å². The van der Waals surface area contributed by atoms with E-state index in [1.807, 2.05) is 91.0 Å². The van der Waals surface area contributed by atoms with Gasteiger partial charge < -0.3 is 20.7 Å². The van der Waals surface area contributed by atoms with E-state index < -0.39 is 6.10 Å². The molecule has 0 unspecified atom stereocenters. The lowest BCUT2D eigenvalue weighted by atomic mass is 9.95. The lowest BCUT2D eigenvalue weighted by Gasteiger charge is -2.25. The lowest BCUT2D eigenvalue weighted by molar-refractivity contribution is 0.0921. The second kappa shape index (κ2) is 12.8. The van der Waals surface area contributed by atoms with Gasteiger partial charge in [0.05, 0.1) is 5.56 Å². The van der Waals surface area contributed by atoms with Crippen molar-refractivity contribution >= 4 is 23.3 Å². The maximum atomic E-state index is 13.6. The first-order valence-corrected chi connectivity index (χ1v) is 13.5. The van der Waals surface area contributed by atoms with Gasteiger partial charge in [-0.05, 0) is 54.3 Å². The maximum Gasteiger partial charge on any atom is 0.323 e. The van der Waals surface area contributed by atoms with Crippen LogP contribution in [0.2, 0.25) is 0 Å². The molecule has 1 aliphatic carbocycles. The normalized spacial score (nSPS) is 13.5. The van der Waals surface area contributed by atoms with Gasteiger partial charge in [0.15, 0.2) is 0 Å². The number of hydrogen-bond donors (Lipinski definition) is 3. The molecule has 0 atom stereocenters. The Bertz CT molecular complexity index is 1330. The SMILES string of the molecule is O=C(Nc1ccccc1)Nc1ccc(OC(c2ccccc2)c2ccccc2)c(C(=O)NC2CCCCC2)c1. The number of amides is 3. The van der Waals surface area contributed by atoms with Gasteiger partial charge in [-0.1, -0.05) is 98.1 Å². The molecule has 0 saturated heterocycles. The Morgan fingerprint density at radius 2 is 1.23 bits per heavy atom. The summed E-state index contributed by atoms with van der Waals surface area (Å²) in [6, 6.07) is 34.1. The molecule has 3 amide bonds. The summed E-state index contributed by atoms with van der Waals surface area (Å²) in [7, 11) is 0. The van der Waals surface area contributed by atoms with Crippen LogP contribution in [0.25, 0.3) is 0 Å². The van der Waals surface area contributed by atoms with Crippen molar-refractivity contribution in [3.63, 3.8) is 0 Å². The molecule has 5 rings (SSSR count). The Kier molecular flexibility index (Phi) is 8.54. The monoisotopic (exact) mass is 519 g/mol. The summed E-state index contributed by atoms with van der Waals surface area (Å²) in [5.41, 5.74) is 3.52. The Morgan fingerprint density at radius 1 is 0.667 bits per heavy atom. The van der Waals surface area contributed by atoms with E-state index in [0.29, 0.717) is 22.7 Å². The maximum absolute atomic E-state index is 13.6. The molecular weight excluding hydrogens is 486 g/mol. The summed E-state index contributed by atoms with van der Waals surface area (Å²) in [5.74, 6) is 0.249. The Morgan fingerprint density at radius 3 is 1.85 bits per heavy atom.